The highest BCUT2D eigenvalue weighted by atomic mass is 19.4. The number of nitrogens with zero attached hydrogens (tertiary/aromatic N) is 5. The van der Waals surface area contributed by atoms with Crippen LogP contribution in [0.5, 0.6) is 0 Å². The smallest absolute Gasteiger partial charge is 0.417 e. The van der Waals surface area contributed by atoms with E-state index in [2.05, 4.69) is 26.2 Å². The maximum atomic E-state index is 13.8. The number of aromatic nitrogens is 4. The van der Waals surface area contributed by atoms with Crippen LogP contribution in [0.25, 0.3) is 22.3 Å². The van der Waals surface area contributed by atoms with Crippen LogP contribution in [0.4, 0.5) is 19.1 Å². The number of carboxylic acids is 1. The fraction of sp³-hybridized carbons (Fsp3) is 0.357. The summed E-state index contributed by atoms with van der Waals surface area (Å²) < 4.78 is 48.6. The fourth-order valence-corrected chi connectivity index (χ4v) is 5.93. The van der Waals surface area contributed by atoms with E-state index in [0.29, 0.717) is 30.3 Å². The molecular formula is C28H24F3N5O3. The van der Waals surface area contributed by atoms with Crippen LogP contribution in [0.1, 0.15) is 65.3 Å². The van der Waals surface area contributed by atoms with Crippen molar-refractivity contribution in [2.75, 3.05) is 18.0 Å². The second-order valence-electron chi connectivity index (χ2n) is 10.7. The molecule has 7 rings (SSSR count). The number of aromatic carboxylic acids is 1. The molecule has 3 aromatic heterocycles. The van der Waals surface area contributed by atoms with Gasteiger partial charge in [-0.1, -0.05) is 29.4 Å². The maximum absolute atomic E-state index is 13.8. The normalized spacial score (nSPS) is 18.8. The Morgan fingerprint density at radius 1 is 1.13 bits per heavy atom. The van der Waals surface area contributed by atoms with E-state index in [1.807, 2.05) is 0 Å². The predicted molar refractivity (Wildman–Crippen MR) is 135 cm³/mol. The Morgan fingerprint density at radius 3 is 2.56 bits per heavy atom. The minimum Gasteiger partial charge on any atom is -0.478 e. The van der Waals surface area contributed by atoms with Crippen molar-refractivity contribution in [3.05, 3.63) is 71.3 Å². The lowest BCUT2D eigenvalue weighted by atomic mass is 9.63. The van der Waals surface area contributed by atoms with Gasteiger partial charge in [-0.05, 0) is 55.2 Å². The van der Waals surface area contributed by atoms with E-state index in [1.54, 1.807) is 12.3 Å². The van der Waals surface area contributed by atoms with Gasteiger partial charge in [0.15, 0.2) is 0 Å². The average molecular weight is 536 g/mol. The van der Waals surface area contributed by atoms with Crippen LogP contribution < -0.4 is 4.90 Å². The van der Waals surface area contributed by atoms with E-state index in [1.165, 1.54) is 28.9 Å². The Kier molecular flexibility index (Phi) is 5.17. The third-order valence-corrected chi connectivity index (χ3v) is 8.18. The predicted octanol–water partition coefficient (Wildman–Crippen LogP) is 6.05. The molecule has 1 saturated carbocycles. The molecule has 1 saturated heterocycles. The Morgan fingerprint density at radius 2 is 1.87 bits per heavy atom. The molecule has 200 valence electrons. The molecule has 2 fully saturated rings. The molecule has 1 aliphatic heterocycles. The highest BCUT2D eigenvalue weighted by Gasteiger charge is 2.45. The highest BCUT2D eigenvalue weighted by Crippen LogP contribution is 2.56. The summed E-state index contributed by atoms with van der Waals surface area (Å²) in [5, 5.41) is 18.0. The molecule has 0 unspecified atom stereocenters. The van der Waals surface area contributed by atoms with Crippen molar-refractivity contribution in [1.82, 2.24) is 19.8 Å². The van der Waals surface area contributed by atoms with Crippen molar-refractivity contribution in [2.24, 2.45) is 5.41 Å². The van der Waals surface area contributed by atoms with Gasteiger partial charge in [0.25, 0.3) is 0 Å². The molecular weight excluding hydrogens is 511 g/mol. The molecule has 1 spiro atoms. The second-order valence-corrected chi connectivity index (χ2v) is 10.7. The second kappa shape index (κ2) is 8.42. The number of anilines is 1. The van der Waals surface area contributed by atoms with Crippen molar-refractivity contribution < 1.29 is 27.6 Å². The SMILES string of the molecule is O=C(O)c1ccn2nc(N3CCC4(C=C(c5c(-c6ccccc6C(F)(F)F)noc5C5CC5)C4)CC3)ncc12. The van der Waals surface area contributed by atoms with E-state index < -0.39 is 17.7 Å². The molecule has 11 heteroatoms. The highest BCUT2D eigenvalue weighted by molar-refractivity contribution is 5.95. The largest absolute Gasteiger partial charge is 0.478 e. The first kappa shape index (κ1) is 23.9. The number of fused-ring (bicyclic) bond motifs is 1. The Labute approximate surface area is 220 Å². The van der Waals surface area contributed by atoms with Crippen LogP contribution in [0, 0.1) is 5.41 Å². The summed E-state index contributed by atoms with van der Waals surface area (Å²) in [6, 6.07) is 7.05. The number of alkyl halides is 3. The molecule has 8 nitrogen and oxygen atoms in total. The first-order valence-corrected chi connectivity index (χ1v) is 12.9. The molecule has 0 bridgehead atoms. The Balaban J connectivity index is 1.15. The zero-order valence-corrected chi connectivity index (χ0v) is 20.8. The zero-order valence-electron chi connectivity index (χ0n) is 20.8. The van der Waals surface area contributed by atoms with Gasteiger partial charge < -0.3 is 14.5 Å². The van der Waals surface area contributed by atoms with Gasteiger partial charge in [-0.3, -0.25) is 0 Å². The molecule has 2 aliphatic carbocycles. The Bertz CT molecular complexity index is 1640. The van der Waals surface area contributed by atoms with E-state index in [0.717, 1.165) is 49.3 Å². The van der Waals surface area contributed by atoms with Crippen molar-refractivity contribution >= 4 is 23.0 Å². The number of benzene rings is 1. The molecule has 0 amide bonds. The van der Waals surface area contributed by atoms with Crippen LogP contribution in [0.2, 0.25) is 0 Å². The number of rotatable bonds is 5. The Hall–Kier alpha value is -4.15. The van der Waals surface area contributed by atoms with E-state index in [9.17, 15) is 23.1 Å². The van der Waals surface area contributed by atoms with Gasteiger partial charge in [0.1, 0.15) is 11.5 Å². The van der Waals surface area contributed by atoms with Gasteiger partial charge in [-0.25, -0.2) is 14.3 Å². The quantitative estimate of drug-likeness (QED) is 0.332. The van der Waals surface area contributed by atoms with Crippen molar-refractivity contribution in [3.8, 4) is 11.3 Å². The minimum absolute atomic E-state index is 0.0429. The number of hydrogen-bond acceptors (Lipinski definition) is 6. The summed E-state index contributed by atoms with van der Waals surface area (Å²) in [6.45, 7) is 1.43. The van der Waals surface area contributed by atoms with Gasteiger partial charge in [0.2, 0.25) is 5.95 Å². The zero-order chi connectivity index (χ0) is 26.9. The van der Waals surface area contributed by atoms with Crippen LogP contribution in [-0.2, 0) is 6.18 Å². The lowest BCUT2D eigenvalue weighted by molar-refractivity contribution is -0.137. The standard InChI is InChI=1S/C28H24F3N5O3/c29-28(30,31)20-4-2-1-3-18(20)23-22(24(39-34-23)16-5-6-16)17-13-27(14-17)8-11-35(12-9-27)26-32-15-21-19(25(37)38)7-10-36(21)33-26/h1-4,7,10,13,15-16H,5-6,8-9,11-12,14H2,(H,37,38). The monoisotopic (exact) mass is 535 g/mol. The van der Waals surface area contributed by atoms with E-state index in [4.69, 9.17) is 4.52 Å². The molecule has 4 heterocycles. The molecule has 0 atom stereocenters. The van der Waals surface area contributed by atoms with Gasteiger partial charge >= 0.3 is 12.1 Å². The summed E-state index contributed by atoms with van der Waals surface area (Å²) in [5.74, 6) is 0.425. The molecule has 4 aromatic rings. The molecule has 0 radical (unpaired) electrons. The van der Waals surface area contributed by atoms with Crippen molar-refractivity contribution in [3.63, 3.8) is 0 Å². The first-order chi connectivity index (χ1) is 18.7. The maximum Gasteiger partial charge on any atom is 0.417 e. The third kappa shape index (κ3) is 3.98. The van der Waals surface area contributed by atoms with Gasteiger partial charge in [-0.15, -0.1) is 5.10 Å². The number of carboxylic acid groups (broad SMARTS) is 1. The molecule has 1 aromatic carbocycles. The van der Waals surface area contributed by atoms with Gasteiger partial charge in [0.05, 0.1) is 22.8 Å². The first-order valence-electron chi connectivity index (χ1n) is 12.9. The lowest BCUT2D eigenvalue weighted by Gasteiger charge is -2.46. The van der Waals surface area contributed by atoms with Crippen LogP contribution in [0.3, 0.4) is 0 Å². The summed E-state index contributed by atoms with van der Waals surface area (Å²) >= 11 is 0. The van der Waals surface area contributed by atoms with Crippen molar-refractivity contribution in [2.45, 2.75) is 44.2 Å². The number of allylic oxidation sites excluding steroid dienone is 2. The van der Waals surface area contributed by atoms with Crippen LogP contribution in [-0.4, -0.2) is 43.9 Å². The summed E-state index contributed by atoms with van der Waals surface area (Å²) in [4.78, 5) is 17.9. The number of carbonyl (C=O) groups is 1. The number of piperidine rings is 1. The van der Waals surface area contributed by atoms with E-state index in [-0.39, 0.29) is 28.2 Å². The molecule has 39 heavy (non-hydrogen) atoms. The summed E-state index contributed by atoms with van der Waals surface area (Å²) in [7, 11) is 0. The van der Waals surface area contributed by atoms with Crippen LogP contribution >= 0.6 is 0 Å². The number of halogens is 3. The summed E-state index contributed by atoms with van der Waals surface area (Å²) in [6.07, 6.45) is 5.22. The van der Waals surface area contributed by atoms with Gasteiger partial charge in [-0.2, -0.15) is 13.2 Å². The minimum atomic E-state index is -4.49. The lowest BCUT2D eigenvalue weighted by Crippen LogP contribution is -2.43. The van der Waals surface area contributed by atoms with Gasteiger partial charge in [0, 0.05) is 36.3 Å². The molecule has 1 N–H and O–H groups in total. The molecule has 3 aliphatic rings. The summed E-state index contributed by atoms with van der Waals surface area (Å²) in [5.41, 5.74) is 1.91. The average Bonchev–Trinajstić information content (AvgIpc) is 3.50. The van der Waals surface area contributed by atoms with Crippen LogP contribution in [0.15, 0.2) is 53.3 Å². The third-order valence-electron chi connectivity index (χ3n) is 8.18. The fourth-order valence-electron chi connectivity index (χ4n) is 5.93. The van der Waals surface area contributed by atoms with Crippen molar-refractivity contribution in [1.29, 1.82) is 0 Å². The topological polar surface area (TPSA) is 96.8 Å². The number of hydrogen-bond donors (Lipinski definition) is 1. The van der Waals surface area contributed by atoms with E-state index >= 15 is 0 Å².